The molecule has 0 fully saturated rings. The van der Waals surface area contributed by atoms with Gasteiger partial charge >= 0.3 is 11.8 Å². The molecule has 1 heterocycles. The zero-order chi connectivity index (χ0) is 17.9. The largest absolute Gasteiger partial charge is 0.495 e. The van der Waals surface area contributed by atoms with E-state index in [-0.39, 0.29) is 5.69 Å². The van der Waals surface area contributed by atoms with Crippen molar-refractivity contribution >= 4 is 45.6 Å². The molecular formula is C15H16ClN3O4S. The van der Waals surface area contributed by atoms with E-state index in [0.29, 0.717) is 21.7 Å². The number of carbonyl (C=O) groups is 2. The zero-order valence-electron chi connectivity index (χ0n) is 13.5. The van der Waals surface area contributed by atoms with E-state index in [2.05, 4.69) is 15.6 Å². The van der Waals surface area contributed by atoms with Gasteiger partial charge in [-0.25, -0.2) is 4.98 Å². The Morgan fingerprint density at radius 1 is 1.08 bits per heavy atom. The molecule has 9 heteroatoms. The van der Waals surface area contributed by atoms with E-state index in [4.69, 9.17) is 21.1 Å². The third kappa shape index (κ3) is 3.95. The number of carbonyl (C=O) groups excluding carboxylic acids is 2. The van der Waals surface area contributed by atoms with Crippen LogP contribution in [0.3, 0.4) is 0 Å². The SMILES string of the molecule is COc1cc(NC(=O)C(=O)Nc2nc(C)c(C)s2)c(OC)cc1Cl. The molecule has 0 bridgehead atoms. The average molecular weight is 370 g/mol. The number of ether oxygens (including phenoxy) is 2. The molecule has 0 saturated heterocycles. The number of aromatic nitrogens is 1. The predicted molar refractivity (Wildman–Crippen MR) is 93.4 cm³/mol. The molecule has 0 radical (unpaired) electrons. The summed E-state index contributed by atoms with van der Waals surface area (Å²) in [4.78, 5) is 29.2. The smallest absolute Gasteiger partial charge is 0.315 e. The Balaban J connectivity index is 2.15. The number of nitrogens with zero attached hydrogens (tertiary/aromatic N) is 1. The predicted octanol–water partition coefficient (Wildman–Crippen LogP) is 3.01. The van der Waals surface area contributed by atoms with Crippen molar-refractivity contribution in [3.8, 4) is 11.5 Å². The molecular weight excluding hydrogens is 354 g/mol. The molecule has 7 nitrogen and oxygen atoms in total. The van der Waals surface area contributed by atoms with Crippen LogP contribution < -0.4 is 20.1 Å². The van der Waals surface area contributed by atoms with Crippen molar-refractivity contribution in [3.05, 3.63) is 27.7 Å². The van der Waals surface area contributed by atoms with Crippen molar-refractivity contribution in [1.82, 2.24) is 4.98 Å². The van der Waals surface area contributed by atoms with E-state index in [0.717, 1.165) is 10.6 Å². The monoisotopic (exact) mass is 369 g/mol. The van der Waals surface area contributed by atoms with Crippen LogP contribution in [0, 0.1) is 13.8 Å². The first-order chi connectivity index (χ1) is 11.3. The molecule has 1 aromatic heterocycles. The van der Waals surface area contributed by atoms with Crippen LogP contribution in [-0.2, 0) is 9.59 Å². The van der Waals surface area contributed by atoms with Gasteiger partial charge in [0, 0.05) is 17.0 Å². The van der Waals surface area contributed by atoms with Gasteiger partial charge in [-0.2, -0.15) is 0 Å². The van der Waals surface area contributed by atoms with Gasteiger partial charge in [0.25, 0.3) is 0 Å². The maximum Gasteiger partial charge on any atom is 0.315 e. The number of thiazole rings is 1. The summed E-state index contributed by atoms with van der Waals surface area (Å²) in [5.41, 5.74) is 1.07. The highest BCUT2D eigenvalue weighted by Gasteiger charge is 2.19. The van der Waals surface area contributed by atoms with E-state index in [1.54, 1.807) is 0 Å². The molecule has 2 aromatic rings. The summed E-state index contributed by atoms with van der Waals surface area (Å²) >= 11 is 7.30. The molecule has 0 spiro atoms. The second-order valence-corrected chi connectivity index (χ2v) is 6.37. The van der Waals surface area contributed by atoms with Crippen LogP contribution in [0.15, 0.2) is 12.1 Å². The number of benzene rings is 1. The molecule has 0 aliphatic carbocycles. The second kappa shape index (κ2) is 7.50. The van der Waals surface area contributed by atoms with Gasteiger partial charge in [0.2, 0.25) is 0 Å². The molecule has 0 aliphatic rings. The van der Waals surface area contributed by atoms with Crippen molar-refractivity contribution in [2.24, 2.45) is 0 Å². The number of halogens is 1. The third-order valence-electron chi connectivity index (χ3n) is 3.18. The second-order valence-electron chi connectivity index (χ2n) is 4.76. The summed E-state index contributed by atoms with van der Waals surface area (Å²) in [6.07, 6.45) is 0. The van der Waals surface area contributed by atoms with E-state index >= 15 is 0 Å². The fourth-order valence-corrected chi connectivity index (χ4v) is 2.86. The summed E-state index contributed by atoms with van der Waals surface area (Å²) in [6, 6.07) is 2.96. The van der Waals surface area contributed by atoms with Crippen LogP contribution in [0.25, 0.3) is 0 Å². The number of rotatable bonds is 4. The van der Waals surface area contributed by atoms with E-state index < -0.39 is 11.8 Å². The number of aryl methyl sites for hydroxylation is 2. The Morgan fingerprint density at radius 2 is 1.71 bits per heavy atom. The number of hydrogen-bond acceptors (Lipinski definition) is 6. The normalized spacial score (nSPS) is 10.2. The Labute approximate surface area is 147 Å². The molecule has 0 atom stereocenters. The number of amides is 2. The molecule has 128 valence electrons. The Morgan fingerprint density at radius 3 is 2.25 bits per heavy atom. The van der Waals surface area contributed by atoms with Gasteiger partial charge in [0.15, 0.2) is 5.13 Å². The quantitative estimate of drug-likeness (QED) is 0.808. The number of hydrogen-bond donors (Lipinski definition) is 2. The van der Waals surface area contributed by atoms with Crippen molar-refractivity contribution < 1.29 is 19.1 Å². The Kier molecular flexibility index (Phi) is 5.63. The van der Waals surface area contributed by atoms with Crippen LogP contribution >= 0.6 is 22.9 Å². The van der Waals surface area contributed by atoms with Gasteiger partial charge in [0.1, 0.15) is 11.5 Å². The Bertz CT molecular complexity index is 772. The van der Waals surface area contributed by atoms with Crippen LogP contribution in [0.4, 0.5) is 10.8 Å². The van der Waals surface area contributed by atoms with Gasteiger partial charge < -0.3 is 14.8 Å². The first-order valence-electron chi connectivity index (χ1n) is 6.83. The molecule has 0 unspecified atom stereocenters. The maximum atomic E-state index is 12.1. The van der Waals surface area contributed by atoms with Crippen molar-refractivity contribution in [3.63, 3.8) is 0 Å². The first-order valence-corrected chi connectivity index (χ1v) is 8.03. The summed E-state index contributed by atoms with van der Waals surface area (Å²) < 4.78 is 10.2. The number of methoxy groups -OCH3 is 2. The lowest BCUT2D eigenvalue weighted by Gasteiger charge is -2.12. The molecule has 0 aliphatic heterocycles. The Hall–Kier alpha value is -2.32. The highest BCUT2D eigenvalue weighted by Crippen LogP contribution is 2.35. The standard InChI is InChI=1S/C15H16ClN3O4S/c1-7-8(2)24-15(17-7)19-14(21)13(20)18-10-6-11(22-3)9(16)5-12(10)23-4/h5-6H,1-4H3,(H,18,20)(H,17,19,21). The van der Waals surface area contributed by atoms with Crippen LogP contribution in [0.2, 0.25) is 5.02 Å². The van der Waals surface area contributed by atoms with Crippen LogP contribution in [0.1, 0.15) is 10.6 Å². The summed E-state index contributed by atoms with van der Waals surface area (Å²) in [5.74, 6) is -1.04. The first kappa shape index (κ1) is 18.0. The molecule has 2 rings (SSSR count). The molecule has 2 N–H and O–H groups in total. The minimum atomic E-state index is -0.858. The molecule has 24 heavy (non-hydrogen) atoms. The van der Waals surface area contributed by atoms with Gasteiger partial charge in [0.05, 0.1) is 30.6 Å². The van der Waals surface area contributed by atoms with Gasteiger partial charge in [-0.1, -0.05) is 11.6 Å². The lowest BCUT2D eigenvalue weighted by atomic mass is 10.2. The molecule has 1 aromatic carbocycles. The molecule has 2 amide bonds. The zero-order valence-corrected chi connectivity index (χ0v) is 15.1. The van der Waals surface area contributed by atoms with E-state index in [1.807, 2.05) is 13.8 Å². The lowest BCUT2D eigenvalue weighted by Crippen LogP contribution is -2.29. The number of nitrogens with one attached hydrogen (secondary N) is 2. The van der Waals surface area contributed by atoms with Crippen LogP contribution in [-0.4, -0.2) is 31.0 Å². The summed E-state index contributed by atoms with van der Waals surface area (Å²) in [7, 11) is 2.87. The molecule has 0 saturated carbocycles. The van der Waals surface area contributed by atoms with Gasteiger partial charge in [-0.3, -0.25) is 14.9 Å². The van der Waals surface area contributed by atoms with Crippen molar-refractivity contribution in [1.29, 1.82) is 0 Å². The van der Waals surface area contributed by atoms with Crippen molar-refractivity contribution in [2.75, 3.05) is 24.9 Å². The van der Waals surface area contributed by atoms with E-state index in [9.17, 15) is 9.59 Å². The van der Waals surface area contributed by atoms with E-state index in [1.165, 1.54) is 37.7 Å². The summed E-state index contributed by atoms with van der Waals surface area (Å²) in [5, 5.41) is 5.62. The fraction of sp³-hybridized carbons (Fsp3) is 0.267. The van der Waals surface area contributed by atoms with Gasteiger partial charge in [-0.05, 0) is 13.8 Å². The minimum Gasteiger partial charge on any atom is -0.495 e. The maximum absolute atomic E-state index is 12.1. The fourth-order valence-electron chi connectivity index (χ4n) is 1.82. The minimum absolute atomic E-state index is 0.269. The topological polar surface area (TPSA) is 89.5 Å². The third-order valence-corrected chi connectivity index (χ3v) is 4.46. The van der Waals surface area contributed by atoms with Crippen molar-refractivity contribution in [2.45, 2.75) is 13.8 Å². The lowest BCUT2D eigenvalue weighted by molar-refractivity contribution is -0.133. The average Bonchev–Trinajstić information content (AvgIpc) is 2.86. The highest BCUT2D eigenvalue weighted by atomic mass is 35.5. The van der Waals surface area contributed by atoms with Crippen LogP contribution in [0.5, 0.6) is 11.5 Å². The number of anilines is 2. The summed E-state index contributed by atoms with van der Waals surface area (Å²) in [6.45, 7) is 3.71. The highest BCUT2D eigenvalue weighted by molar-refractivity contribution is 7.15. The van der Waals surface area contributed by atoms with Gasteiger partial charge in [-0.15, -0.1) is 11.3 Å².